The van der Waals surface area contributed by atoms with Crippen LogP contribution in [0.4, 0.5) is 0 Å². The predicted octanol–water partition coefficient (Wildman–Crippen LogP) is 5.36. The Bertz CT molecular complexity index is 623. The second-order valence-corrected chi connectivity index (χ2v) is 11.4. The third-order valence-electron chi connectivity index (χ3n) is 8.08. The van der Waals surface area contributed by atoms with E-state index in [4.69, 9.17) is 18.0 Å². The largest absolute Gasteiger partial charge is 0.348 e. The van der Waals surface area contributed by atoms with E-state index in [0.29, 0.717) is 17.8 Å². The maximum atomic E-state index is 13.4. The van der Waals surface area contributed by atoms with E-state index in [-0.39, 0.29) is 29.6 Å². The van der Waals surface area contributed by atoms with Gasteiger partial charge >= 0.3 is 0 Å². The fraction of sp³-hybridized carbons (Fsp3) is 0.885. The first kappa shape index (κ1) is 24.8. The maximum Gasteiger partial charge on any atom is 0.224 e. The Morgan fingerprint density at radius 2 is 1.39 bits per heavy atom. The van der Waals surface area contributed by atoms with Gasteiger partial charge in [-0.2, -0.15) is 0 Å². The van der Waals surface area contributed by atoms with Crippen LogP contribution in [0.5, 0.6) is 0 Å². The molecule has 0 spiro atoms. The lowest BCUT2D eigenvalue weighted by Gasteiger charge is -2.34. The molecule has 0 aromatic carbocycles. The number of ketones is 1. The van der Waals surface area contributed by atoms with Crippen LogP contribution in [0, 0.1) is 29.6 Å². The van der Waals surface area contributed by atoms with Gasteiger partial charge in [0.15, 0.2) is 5.78 Å². The van der Waals surface area contributed by atoms with Gasteiger partial charge in [0, 0.05) is 16.7 Å². The number of amides is 1. The molecule has 3 fully saturated rings. The van der Waals surface area contributed by atoms with E-state index in [9.17, 15) is 9.59 Å². The summed E-state index contributed by atoms with van der Waals surface area (Å²) in [5.41, 5.74) is 6.45. The number of hydrogen-bond donors (Lipinski definition) is 2. The lowest BCUT2D eigenvalue weighted by molar-refractivity contribution is -0.134. The molecule has 3 saturated carbocycles. The van der Waals surface area contributed by atoms with Crippen molar-refractivity contribution in [3.05, 3.63) is 0 Å². The molecule has 0 bridgehead atoms. The summed E-state index contributed by atoms with van der Waals surface area (Å²) in [4.78, 5) is 27.7. The van der Waals surface area contributed by atoms with Crippen molar-refractivity contribution in [2.75, 3.05) is 0 Å². The molecule has 0 aliphatic heterocycles. The molecule has 3 aliphatic carbocycles. The van der Waals surface area contributed by atoms with Crippen molar-refractivity contribution in [1.29, 1.82) is 0 Å². The molecule has 5 heteroatoms. The van der Waals surface area contributed by atoms with E-state index in [1.807, 2.05) is 0 Å². The van der Waals surface area contributed by atoms with Gasteiger partial charge in [-0.3, -0.25) is 9.59 Å². The zero-order chi connectivity index (χ0) is 22.4. The Morgan fingerprint density at radius 1 is 0.839 bits per heavy atom. The Hall–Kier alpha value is -0.810. The molecule has 4 nitrogen and oxygen atoms in total. The summed E-state index contributed by atoms with van der Waals surface area (Å²) < 4.78 is 0. The molecule has 4 atom stereocenters. The highest BCUT2D eigenvalue weighted by Gasteiger charge is 2.42. The fourth-order valence-electron chi connectivity index (χ4n) is 6.31. The van der Waals surface area contributed by atoms with Crippen LogP contribution in [-0.4, -0.2) is 28.6 Å². The number of nitrogens with two attached hydrogens (primary N) is 1. The molecule has 0 aromatic rings. The molecule has 0 aromatic heterocycles. The summed E-state index contributed by atoms with van der Waals surface area (Å²) in [5.74, 6) is 1.00. The van der Waals surface area contributed by atoms with Gasteiger partial charge in [0.2, 0.25) is 5.91 Å². The van der Waals surface area contributed by atoms with E-state index in [0.717, 1.165) is 56.2 Å². The van der Waals surface area contributed by atoms with Gasteiger partial charge in [-0.1, -0.05) is 71.0 Å². The standard InChI is InChI=1S/C26H44N2O2S/c1-17(2)16-22(31)24(19-12-7-4-8-13-19)28-26(30)21-15-9-14-20(21)25(29)23(27)18-10-5-3-6-11-18/h17-21,23-24H,3-16,27H2,1-2H3,(H,28,30)/t20?,21-,23+,24+/m1/s1. The summed E-state index contributed by atoms with van der Waals surface area (Å²) in [7, 11) is 0. The van der Waals surface area contributed by atoms with Crippen LogP contribution < -0.4 is 11.1 Å². The highest BCUT2D eigenvalue weighted by Crippen LogP contribution is 2.37. The number of carbonyl (C=O) groups excluding carboxylic acids is 2. The second kappa shape index (κ2) is 11.9. The Kier molecular flexibility index (Phi) is 9.51. The first-order chi connectivity index (χ1) is 14.9. The number of Topliss-reactive ketones (excluding diaryl/α,β-unsaturated/α-hetero) is 1. The van der Waals surface area contributed by atoms with Crippen LogP contribution in [0.3, 0.4) is 0 Å². The predicted molar refractivity (Wildman–Crippen MR) is 131 cm³/mol. The topological polar surface area (TPSA) is 72.2 Å². The molecule has 3 rings (SSSR count). The van der Waals surface area contributed by atoms with E-state index in [2.05, 4.69) is 19.2 Å². The lowest BCUT2D eigenvalue weighted by Crippen LogP contribution is -2.50. The Balaban J connectivity index is 1.66. The minimum absolute atomic E-state index is 0.0198. The smallest absolute Gasteiger partial charge is 0.224 e. The van der Waals surface area contributed by atoms with Gasteiger partial charge in [0.05, 0.1) is 12.1 Å². The fourth-order valence-corrected chi connectivity index (χ4v) is 6.89. The van der Waals surface area contributed by atoms with Crippen LogP contribution in [0.1, 0.15) is 104 Å². The molecule has 3 aliphatic rings. The first-order valence-corrected chi connectivity index (χ1v) is 13.4. The van der Waals surface area contributed by atoms with E-state index >= 15 is 0 Å². The Labute approximate surface area is 194 Å². The SMILES string of the molecule is CC(C)CC(=S)[C@@H](NC(=O)[C@@H]1CCCC1C(=O)[C@@H](N)C1CCCCC1)C1CCCCC1. The second-order valence-electron chi connectivity index (χ2n) is 10.9. The number of rotatable bonds is 9. The van der Waals surface area contributed by atoms with Crippen molar-refractivity contribution in [2.45, 2.75) is 116 Å². The van der Waals surface area contributed by atoms with Crippen LogP contribution in [-0.2, 0) is 9.59 Å². The molecule has 3 N–H and O–H groups in total. The van der Waals surface area contributed by atoms with Gasteiger partial charge in [-0.05, 0) is 62.7 Å². The number of hydrogen-bond acceptors (Lipinski definition) is 4. The average Bonchev–Trinajstić information content (AvgIpc) is 3.27. The summed E-state index contributed by atoms with van der Waals surface area (Å²) in [6.45, 7) is 4.37. The summed E-state index contributed by atoms with van der Waals surface area (Å²) in [5, 5.41) is 3.36. The molecular formula is C26H44N2O2S. The van der Waals surface area contributed by atoms with Crippen molar-refractivity contribution < 1.29 is 9.59 Å². The summed E-state index contributed by atoms with van der Waals surface area (Å²) in [6, 6.07) is -0.413. The molecule has 31 heavy (non-hydrogen) atoms. The first-order valence-electron chi connectivity index (χ1n) is 13.0. The lowest BCUT2D eigenvalue weighted by atomic mass is 9.77. The van der Waals surface area contributed by atoms with Crippen LogP contribution in [0.2, 0.25) is 0 Å². The molecule has 176 valence electrons. The third-order valence-corrected chi connectivity index (χ3v) is 8.50. The van der Waals surface area contributed by atoms with Crippen molar-refractivity contribution in [3.8, 4) is 0 Å². The van der Waals surface area contributed by atoms with Crippen molar-refractivity contribution >= 4 is 28.8 Å². The summed E-state index contributed by atoms with van der Waals surface area (Å²) in [6.07, 6.45) is 15.2. The maximum absolute atomic E-state index is 13.4. The van der Waals surface area contributed by atoms with Gasteiger partial charge < -0.3 is 11.1 Å². The van der Waals surface area contributed by atoms with Gasteiger partial charge in [0.1, 0.15) is 0 Å². The van der Waals surface area contributed by atoms with Crippen LogP contribution in [0.25, 0.3) is 0 Å². The molecule has 1 amide bonds. The van der Waals surface area contributed by atoms with Crippen molar-refractivity contribution in [1.82, 2.24) is 5.32 Å². The van der Waals surface area contributed by atoms with Gasteiger partial charge in [-0.15, -0.1) is 0 Å². The molecule has 0 radical (unpaired) electrons. The van der Waals surface area contributed by atoms with E-state index in [1.165, 1.54) is 38.5 Å². The Morgan fingerprint density at radius 3 is 1.97 bits per heavy atom. The highest BCUT2D eigenvalue weighted by molar-refractivity contribution is 7.80. The molecule has 0 heterocycles. The minimum Gasteiger partial charge on any atom is -0.348 e. The minimum atomic E-state index is -0.394. The zero-order valence-corrected chi connectivity index (χ0v) is 20.6. The van der Waals surface area contributed by atoms with Crippen molar-refractivity contribution in [2.24, 2.45) is 35.3 Å². The average molecular weight is 449 g/mol. The molecule has 0 saturated heterocycles. The van der Waals surface area contributed by atoms with Crippen LogP contribution >= 0.6 is 12.2 Å². The van der Waals surface area contributed by atoms with E-state index in [1.54, 1.807) is 0 Å². The zero-order valence-electron chi connectivity index (χ0n) is 19.7. The number of nitrogens with one attached hydrogen (secondary N) is 1. The summed E-state index contributed by atoms with van der Waals surface area (Å²) >= 11 is 5.83. The molecular weight excluding hydrogens is 404 g/mol. The van der Waals surface area contributed by atoms with Gasteiger partial charge in [0.25, 0.3) is 0 Å². The van der Waals surface area contributed by atoms with Crippen molar-refractivity contribution in [3.63, 3.8) is 0 Å². The normalized spacial score (nSPS) is 27.7. The number of thiocarbonyl (C=S) groups is 1. The number of carbonyl (C=O) groups is 2. The van der Waals surface area contributed by atoms with Gasteiger partial charge in [-0.25, -0.2) is 0 Å². The molecule has 1 unspecified atom stereocenters. The monoisotopic (exact) mass is 448 g/mol. The highest BCUT2D eigenvalue weighted by atomic mass is 32.1. The quantitative estimate of drug-likeness (QED) is 0.466. The van der Waals surface area contributed by atoms with Crippen LogP contribution in [0.15, 0.2) is 0 Å². The van der Waals surface area contributed by atoms with E-state index < -0.39 is 6.04 Å². The third kappa shape index (κ3) is 6.60.